The summed E-state index contributed by atoms with van der Waals surface area (Å²) in [5, 5.41) is 0.380. The Bertz CT molecular complexity index is 501. The number of hydrogen-bond acceptors (Lipinski definition) is 4. The van der Waals surface area contributed by atoms with Crippen LogP contribution in [-0.4, -0.2) is 24.1 Å². The van der Waals surface area contributed by atoms with E-state index in [4.69, 9.17) is 16.3 Å². The molecule has 0 N–H and O–H groups in total. The second-order valence-corrected chi connectivity index (χ2v) is 3.79. The fraction of sp³-hybridized carbons (Fsp3) is 0.167. The zero-order valence-corrected chi connectivity index (χ0v) is 10.3. The highest BCUT2D eigenvalue weighted by atomic mass is 35.5. The van der Waals surface area contributed by atoms with Gasteiger partial charge < -0.3 is 9.64 Å². The van der Waals surface area contributed by atoms with Gasteiger partial charge in [0.05, 0.1) is 7.11 Å². The van der Waals surface area contributed by atoms with Crippen LogP contribution in [-0.2, 0) is 0 Å². The zero-order chi connectivity index (χ0) is 12.3. The Balaban J connectivity index is 2.30. The molecule has 17 heavy (non-hydrogen) atoms. The number of anilines is 2. The summed E-state index contributed by atoms with van der Waals surface area (Å²) < 4.78 is 5.11. The number of hydrogen-bond donors (Lipinski definition) is 0. The van der Waals surface area contributed by atoms with E-state index in [1.54, 1.807) is 19.5 Å². The standard InChI is InChI=1S/C12H12ClN3O/c1-16(12-11(13)14-7-8-15-12)9-3-5-10(17-2)6-4-9/h3-8H,1-2H3. The molecule has 2 aromatic rings. The average Bonchev–Trinajstić information content (AvgIpc) is 2.39. The number of halogens is 1. The maximum absolute atomic E-state index is 5.99. The first kappa shape index (κ1) is 11.7. The van der Waals surface area contributed by atoms with E-state index >= 15 is 0 Å². The first-order chi connectivity index (χ1) is 8.22. The van der Waals surface area contributed by atoms with E-state index in [0.29, 0.717) is 11.0 Å². The third kappa shape index (κ3) is 2.47. The lowest BCUT2D eigenvalue weighted by atomic mass is 10.3. The molecule has 0 saturated carbocycles. The van der Waals surface area contributed by atoms with Gasteiger partial charge in [-0.05, 0) is 24.3 Å². The predicted molar refractivity (Wildman–Crippen MR) is 68.1 cm³/mol. The van der Waals surface area contributed by atoms with Gasteiger partial charge in [-0.3, -0.25) is 0 Å². The minimum Gasteiger partial charge on any atom is -0.497 e. The van der Waals surface area contributed by atoms with E-state index in [1.807, 2.05) is 36.2 Å². The Morgan fingerprint density at radius 1 is 1.12 bits per heavy atom. The molecule has 1 heterocycles. The molecule has 0 fully saturated rings. The highest BCUT2D eigenvalue weighted by Crippen LogP contribution is 2.27. The molecule has 0 radical (unpaired) electrons. The van der Waals surface area contributed by atoms with Gasteiger partial charge in [-0.2, -0.15) is 0 Å². The van der Waals surface area contributed by atoms with Gasteiger partial charge in [0, 0.05) is 25.1 Å². The van der Waals surface area contributed by atoms with Crippen LogP contribution in [0.25, 0.3) is 0 Å². The summed E-state index contributed by atoms with van der Waals surface area (Å²) in [7, 11) is 3.52. The van der Waals surface area contributed by atoms with Crippen LogP contribution in [0, 0.1) is 0 Å². The van der Waals surface area contributed by atoms with Crippen LogP contribution in [0.1, 0.15) is 0 Å². The normalized spacial score (nSPS) is 10.1. The number of aromatic nitrogens is 2. The van der Waals surface area contributed by atoms with Gasteiger partial charge in [-0.25, -0.2) is 9.97 Å². The summed E-state index contributed by atoms with van der Waals surface area (Å²) >= 11 is 5.99. The highest BCUT2D eigenvalue weighted by Gasteiger charge is 2.09. The van der Waals surface area contributed by atoms with Crippen molar-refractivity contribution in [1.29, 1.82) is 0 Å². The molecule has 0 aliphatic rings. The van der Waals surface area contributed by atoms with Crippen LogP contribution in [0.4, 0.5) is 11.5 Å². The Morgan fingerprint density at radius 2 is 1.76 bits per heavy atom. The zero-order valence-electron chi connectivity index (χ0n) is 9.59. The van der Waals surface area contributed by atoms with Crippen molar-refractivity contribution in [3.05, 3.63) is 41.8 Å². The summed E-state index contributed by atoms with van der Waals surface area (Å²) in [5.41, 5.74) is 0.966. The Kier molecular flexibility index (Phi) is 3.44. The average molecular weight is 250 g/mol. The van der Waals surface area contributed by atoms with Crippen LogP contribution in [0.3, 0.4) is 0 Å². The van der Waals surface area contributed by atoms with Crippen LogP contribution >= 0.6 is 11.6 Å². The van der Waals surface area contributed by atoms with Gasteiger partial charge in [-0.1, -0.05) is 11.6 Å². The van der Waals surface area contributed by atoms with Crippen molar-refractivity contribution in [1.82, 2.24) is 9.97 Å². The summed E-state index contributed by atoms with van der Waals surface area (Å²) in [4.78, 5) is 10.1. The second-order valence-electron chi connectivity index (χ2n) is 3.43. The molecule has 4 nitrogen and oxygen atoms in total. The highest BCUT2D eigenvalue weighted by molar-refractivity contribution is 6.31. The van der Waals surface area contributed by atoms with Crippen LogP contribution in [0.5, 0.6) is 5.75 Å². The van der Waals surface area contributed by atoms with Gasteiger partial charge in [0.15, 0.2) is 11.0 Å². The molecule has 0 unspecified atom stereocenters. The first-order valence-corrected chi connectivity index (χ1v) is 5.44. The van der Waals surface area contributed by atoms with E-state index in [1.165, 1.54) is 0 Å². The summed E-state index contributed by atoms with van der Waals surface area (Å²) in [6.07, 6.45) is 3.18. The topological polar surface area (TPSA) is 38.2 Å². The predicted octanol–water partition coefficient (Wildman–Crippen LogP) is 2.91. The SMILES string of the molecule is COc1ccc(N(C)c2nccnc2Cl)cc1. The minimum absolute atomic E-state index is 0.380. The van der Waals surface area contributed by atoms with E-state index < -0.39 is 0 Å². The van der Waals surface area contributed by atoms with E-state index in [2.05, 4.69) is 9.97 Å². The lowest BCUT2D eigenvalue weighted by Gasteiger charge is -2.18. The number of benzene rings is 1. The molecule has 0 aliphatic heterocycles. The fourth-order valence-electron chi connectivity index (χ4n) is 1.47. The lowest BCUT2D eigenvalue weighted by Crippen LogP contribution is -2.12. The van der Waals surface area contributed by atoms with E-state index in [-0.39, 0.29) is 0 Å². The van der Waals surface area contributed by atoms with Crippen LogP contribution < -0.4 is 9.64 Å². The molecule has 5 heteroatoms. The molecular weight excluding hydrogens is 238 g/mol. The molecule has 1 aromatic carbocycles. The smallest absolute Gasteiger partial charge is 0.172 e. The van der Waals surface area contributed by atoms with Gasteiger partial charge in [0.25, 0.3) is 0 Å². The van der Waals surface area contributed by atoms with Crippen molar-refractivity contribution in [2.24, 2.45) is 0 Å². The van der Waals surface area contributed by atoms with Crippen molar-refractivity contribution in [3.63, 3.8) is 0 Å². The number of nitrogens with zero attached hydrogens (tertiary/aromatic N) is 3. The van der Waals surface area contributed by atoms with Gasteiger partial charge >= 0.3 is 0 Å². The third-order valence-corrected chi connectivity index (χ3v) is 2.68. The van der Waals surface area contributed by atoms with E-state index in [0.717, 1.165) is 11.4 Å². The van der Waals surface area contributed by atoms with Crippen molar-refractivity contribution in [2.45, 2.75) is 0 Å². The molecule has 0 amide bonds. The van der Waals surface area contributed by atoms with E-state index in [9.17, 15) is 0 Å². The number of ether oxygens (including phenoxy) is 1. The quantitative estimate of drug-likeness (QED) is 0.838. The lowest BCUT2D eigenvalue weighted by molar-refractivity contribution is 0.415. The molecule has 88 valence electrons. The summed E-state index contributed by atoms with van der Waals surface area (Å²) in [5.74, 6) is 1.44. The monoisotopic (exact) mass is 249 g/mol. The fourth-order valence-corrected chi connectivity index (χ4v) is 1.70. The molecule has 0 atom stereocenters. The minimum atomic E-state index is 0.380. The summed E-state index contributed by atoms with van der Waals surface area (Å²) in [6.45, 7) is 0. The van der Waals surface area contributed by atoms with Crippen LogP contribution in [0.2, 0.25) is 5.15 Å². The third-order valence-electron chi connectivity index (χ3n) is 2.41. The number of methoxy groups -OCH3 is 1. The van der Waals surface area contributed by atoms with Crippen molar-refractivity contribution in [2.75, 3.05) is 19.1 Å². The largest absolute Gasteiger partial charge is 0.497 e. The Hall–Kier alpha value is -1.81. The maximum atomic E-state index is 5.99. The number of rotatable bonds is 3. The Labute approximate surface area is 105 Å². The molecule has 0 aliphatic carbocycles. The first-order valence-electron chi connectivity index (χ1n) is 5.06. The van der Waals surface area contributed by atoms with Crippen molar-refractivity contribution >= 4 is 23.1 Å². The van der Waals surface area contributed by atoms with Crippen LogP contribution in [0.15, 0.2) is 36.7 Å². The molecule has 2 rings (SSSR count). The van der Waals surface area contributed by atoms with Crippen molar-refractivity contribution in [3.8, 4) is 5.75 Å². The van der Waals surface area contributed by atoms with Crippen molar-refractivity contribution < 1.29 is 4.74 Å². The van der Waals surface area contributed by atoms with Gasteiger partial charge in [0.2, 0.25) is 0 Å². The second kappa shape index (κ2) is 5.01. The molecule has 0 bridgehead atoms. The maximum Gasteiger partial charge on any atom is 0.172 e. The molecule has 0 spiro atoms. The molecule has 1 aromatic heterocycles. The molecule has 0 saturated heterocycles. The summed E-state index contributed by atoms with van der Waals surface area (Å²) in [6, 6.07) is 7.64. The van der Waals surface area contributed by atoms with Gasteiger partial charge in [-0.15, -0.1) is 0 Å². The van der Waals surface area contributed by atoms with Gasteiger partial charge in [0.1, 0.15) is 5.75 Å². The Morgan fingerprint density at radius 3 is 2.35 bits per heavy atom. The molecular formula is C12H12ClN3O.